The van der Waals surface area contributed by atoms with E-state index in [-0.39, 0.29) is 5.56 Å². The summed E-state index contributed by atoms with van der Waals surface area (Å²) in [6.07, 6.45) is 2.31. The normalized spacial score (nSPS) is 11.1. The first-order valence-corrected chi connectivity index (χ1v) is 8.21. The molecular weight excluding hydrogens is 312 g/mol. The number of H-pyrrole nitrogens is 1. The predicted octanol–water partition coefficient (Wildman–Crippen LogP) is 3.29. The third-order valence-corrected chi connectivity index (χ3v) is 4.41. The van der Waals surface area contributed by atoms with Gasteiger partial charge in [0.2, 0.25) is 0 Å². The summed E-state index contributed by atoms with van der Waals surface area (Å²) in [6, 6.07) is 15.7. The summed E-state index contributed by atoms with van der Waals surface area (Å²) in [5, 5.41) is 3.15. The van der Waals surface area contributed by atoms with Gasteiger partial charge in [0.1, 0.15) is 0 Å². The molecule has 3 heterocycles. The molecule has 0 saturated carbocycles. The summed E-state index contributed by atoms with van der Waals surface area (Å²) in [4.78, 5) is 22.1. The second-order valence-corrected chi connectivity index (χ2v) is 6.13. The van der Waals surface area contributed by atoms with E-state index in [2.05, 4.69) is 10.1 Å². The molecule has 0 aliphatic carbocycles. The zero-order valence-electron chi connectivity index (χ0n) is 14.2. The standard InChI is InChI=1S/C20H18N4O/c1-13-16(12-15-8-4-3-5-9-15)20(25)24-19(22-13)18(14(2)23-24)17-10-6-7-11-21-17/h3-11,23H,12H2,1-2H3. The van der Waals surface area contributed by atoms with E-state index < -0.39 is 0 Å². The molecular formula is C20H18N4O. The molecule has 0 aliphatic heterocycles. The van der Waals surface area contributed by atoms with Gasteiger partial charge in [-0.25, -0.2) is 9.50 Å². The first-order chi connectivity index (χ1) is 12.1. The van der Waals surface area contributed by atoms with Crippen LogP contribution in [0.5, 0.6) is 0 Å². The molecule has 4 aromatic rings. The van der Waals surface area contributed by atoms with Crippen LogP contribution >= 0.6 is 0 Å². The monoisotopic (exact) mass is 330 g/mol. The van der Waals surface area contributed by atoms with Crippen molar-refractivity contribution in [3.63, 3.8) is 0 Å². The van der Waals surface area contributed by atoms with Gasteiger partial charge in [0, 0.05) is 29.6 Å². The fraction of sp³-hybridized carbons (Fsp3) is 0.150. The molecule has 1 aromatic carbocycles. The number of hydrogen-bond acceptors (Lipinski definition) is 3. The smallest absolute Gasteiger partial charge is 0.276 e. The summed E-state index contributed by atoms with van der Waals surface area (Å²) in [5.41, 5.74) is 5.67. The lowest BCUT2D eigenvalue weighted by atomic mass is 10.1. The first kappa shape index (κ1) is 15.3. The molecule has 0 saturated heterocycles. The second-order valence-electron chi connectivity index (χ2n) is 6.13. The molecule has 0 unspecified atom stereocenters. The molecule has 0 atom stereocenters. The number of nitrogens with one attached hydrogen (secondary N) is 1. The number of aryl methyl sites for hydroxylation is 2. The van der Waals surface area contributed by atoms with Gasteiger partial charge in [0.25, 0.3) is 5.56 Å². The number of nitrogens with zero attached hydrogens (tertiary/aromatic N) is 3. The molecule has 1 N–H and O–H groups in total. The average Bonchev–Trinajstić information content (AvgIpc) is 2.96. The predicted molar refractivity (Wildman–Crippen MR) is 97.8 cm³/mol. The number of aromatic nitrogens is 4. The van der Waals surface area contributed by atoms with Gasteiger partial charge in [0.05, 0.1) is 11.3 Å². The molecule has 0 bridgehead atoms. The lowest BCUT2D eigenvalue weighted by Gasteiger charge is -2.06. The minimum absolute atomic E-state index is 0.0587. The summed E-state index contributed by atoms with van der Waals surface area (Å²) in [7, 11) is 0. The highest BCUT2D eigenvalue weighted by Crippen LogP contribution is 2.25. The van der Waals surface area contributed by atoms with Crippen LogP contribution in [0.15, 0.2) is 59.5 Å². The Bertz CT molecular complexity index is 1100. The molecule has 0 fully saturated rings. The number of rotatable bonds is 3. The Kier molecular flexibility index (Phi) is 3.69. The van der Waals surface area contributed by atoms with Gasteiger partial charge in [-0.05, 0) is 31.5 Å². The maximum atomic E-state index is 13.0. The zero-order valence-corrected chi connectivity index (χ0v) is 14.2. The van der Waals surface area contributed by atoms with Gasteiger partial charge in [-0.3, -0.25) is 14.9 Å². The fourth-order valence-corrected chi connectivity index (χ4v) is 3.15. The van der Waals surface area contributed by atoms with Crippen molar-refractivity contribution in [2.45, 2.75) is 20.3 Å². The van der Waals surface area contributed by atoms with Crippen LogP contribution < -0.4 is 5.56 Å². The first-order valence-electron chi connectivity index (χ1n) is 8.21. The molecule has 4 rings (SSSR count). The molecule has 0 aliphatic rings. The summed E-state index contributed by atoms with van der Waals surface area (Å²) >= 11 is 0. The summed E-state index contributed by atoms with van der Waals surface area (Å²) in [6.45, 7) is 3.83. The lowest BCUT2D eigenvalue weighted by molar-refractivity contribution is 0.847. The Morgan fingerprint density at radius 2 is 1.80 bits per heavy atom. The van der Waals surface area contributed by atoms with Crippen molar-refractivity contribution < 1.29 is 0 Å². The third-order valence-electron chi connectivity index (χ3n) is 4.41. The van der Waals surface area contributed by atoms with E-state index in [1.165, 1.54) is 4.52 Å². The van der Waals surface area contributed by atoms with Gasteiger partial charge in [-0.1, -0.05) is 36.4 Å². The minimum atomic E-state index is -0.0587. The SMILES string of the molecule is Cc1nc2c(-c3ccccn3)c(C)[nH]n2c(=O)c1Cc1ccccc1. The van der Waals surface area contributed by atoms with Crippen LogP contribution in [0.1, 0.15) is 22.5 Å². The van der Waals surface area contributed by atoms with E-state index in [0.717, 1.165) is 28.2 Å². The van der Waals surface area contributed by atoms with Crippen LogP contribution in [0.2, 0.25) is 0 Å². The second kappa shape index (κ2) is 6.02. The van der Waals surface area contributed by atoms with Crippen LogP contribution in [0.3, 0.4) is 0 Å². The van der Waals surface area contributed by atoms with E-state index in [4.69, 9.17) is 4.98 Å². The zero-order chi connectivity index (χ0) is 17.4. The van der Waals surface area contributed by atoms with E-state index in [0.29, 0.717) is 17.6 Å². The molecule has 25 heavy (non-hydrogen) atoms. The van der Waals surface area contributed by atoms with E-state index in [1.54, 1.807) is 6.20 Å². The Balaban J connectivity index is 1.91. The topological polar surface area (TPSA) is 63.1 Å². The summed E-state index contributed by atoms with van der Waals surface area (Å²) in [5.74, 6) is 0. The van der Waals surface area contributed by atoms with Gasteiger partial charge in [-0.2, -0.15) is 0 Å². The molecule has 3 aromatic heterocycles. The van der Waals surface area contributed by atoms with Crippen LogP contribution in [0, 0.1) is 13.8 Å². The molecule has 124 valence electrons. The molecule has 0 spiro atoms. The quantitative estimate of drug-likeness (QED) is 0.627. The van der Waals surface area contributed by atoms with Crippen molar-refractivity contribution in [2.24, 2.45) is 0 Å². The number of pyridine rings is 1. The van der Waals surface area contributed by atoms with Crippen LogP contribution in [0.4, 0.5) is 0 Å². The molecule has 5 heteroatoms. The van der Waals surface area contributed by atoms with E-state index in [9.17, 15) is 4.79 Å². The van der Waals surface area contributed by atoms with Crippen molar-refractivity contribution in [1.82, 2.24) is 19.6 Å². The number of fused-ring (bicyclic) bond motifs is 1. The Labute approximate surface area is 145 Å². The van der Waals surface area contributed by atoms with Crippen LogP contribution in [-0.2, 0) is 6.42 Å². The Morgan fingerprint density at radius 3 is 2.52 bits per heavy atom. The molecule has 5 nitrogen and oxygen atoms in total. The summed E-state index contributed by atoms with van der Waals surface area (Å²) < 4.78 is 1.53. The third kappa shape index (κ3) is 2.63. The van der Waals surface area contributed by atoms with Gasteiger partial charge >= 0.3 is 0 Å². The van der Waals surface area contributed by atoms with Crippen molar-refractivity contribution in [3.05, 3.63) is 87.6 Å². The largest absolute Gasteiger partial charge is 0.293 e. The molecule has 0 radical (unpaired) electrons. The Morgan fingerprint density at radius 1 is 1.04 bits per heavy atom. The highest BCUT2D eigenvalue weighted by molar-refractivity contribution is 5.77. The van der Waals surface area contributed by atoms with Crippen molar-refractivity contribution in [2.75, 3.05) is 0 Å². The number of benzene rings is 1. The lowest BCUT2D eigenvalue weighted by Crippen LogP contribution is -2.22. The minimum Gasteiger partial charge on any atom is -0.293 e. The maximum Gasteiger partial charge on any atom is 0.276 e. The van der Waals surface area contributed by atoms with Gasteiger partial charge in [-0.15, -0.1) is 0 Å². The van der Waals surface area contributed by atoms with Crippen molar-refractivity contribution in [3.8, 4) is 11.3 Å². The van der Waals surface area contributed by atoms with Gasteiger partial charge in [0.15, 0.2) is 5.65 Å². The maximum absolute atomic E-state index is 13.0. The highest BCUT2D eigenvalue weighted by Gasteiger charge is 2.18. The van der Waals surface area contributed by atoms with E-state index in [1.807, 2.05) is 62.4 Å². The fourth-order valence-electron chi connectivity index (χ4n) is 3.15. The molecule has 0 amide bonds. The highest BCUT2D eigenvalue weighted by atomic mass is 16.1. The number of hydrogen-bond donors (Lipinski definition) is 1. The van der Waals surface area contributed by atoms with Gasteiger partial charge < -0.3 is 0 Å². The Hall–Kier alpha value is -3.21. The number of aromatic amines is 1. The van der Waals surface area contributed by atoms with Crippen LogP contribution in [0.25, 0.3) is 16.9 Å². The van der Waals surface area contributed by atoms with Crippen LogP contribution in [-0.4, -0.2) is 19.6 Å². The average molecular weight is 330 g/mol. The van der Waals surface area contributed by atoms with E-state index >= 15 is 0 Å². The van der Waals surface area contributed by atoms with Crippen molar-refractivity contribution >= 4 is 5.65 Å². The van der Waals surface area contributed by atoms with Crippen molar-refractivity contribution in [1.29, 1.82) is 0 Å².